The van der Waals surface area contributed by atoms with Gasteiger partial charge in [-0.05, 0) is 18.6 Å². The van der Waals surface area contributed by atoms with Crippen molar-refractivity contribution in [2.24, 2.45) is 0 Å². The Kier molecular flexibility index (Phi) is 5.83. The molecular formula is C17H20ClN3. The van der Waals surface area contributed by atoms with Gasteiger partial charge in [0.25, 0.3) is 0 Å². The number of nitriles is 1. The van der Waals surface area contributed by atoms with Crippen LogP contribution in [0, 0.1) is 11.3 Å². The van der Waals surface area contributed by atoms with Crippen molar-refractivity contribution in [3.63, 3.8) is 0 Å². The van der Waals surface area contributed by atoms with E-state index in [2.05, 4.69) is 18.1 Å². The third kappa shape index (κ3) is 4.34. The average molecular weight is 302 g/mol. The van der Waals surface area contributed by atoms with Gasteiger partial charge in [-0.15, -0.1) is 0 Å². The molecule has 110 valence electrons. The molecule has 1 heterocycles. The van der Waals surface area contributed by atoms with Crippen LogP contribution >= 0.6 is 11.6 Å². The van der Waals surface area contributed by atoms with Gasteiger partial charge >= 0.3 is 0 Å². The zero-order valence-electron chi connectivity index (χ0n) is 12.3. The minimum Gasteiger partial charge on any atom is -0.272 e. The number of unbranched alkanes of at least 4 members (excludes halogenated alkanes) is 4. The molecule has 0 N–H and O–H groups in total. The molecular weight excluding hydrogens is 282 g/mol. The summed E-state index contributed by atoms with van der Waals surface area (Å²) in [5, 5.41) is 13.8. The number of benzene rings is 1. The van der Waals surface area contributed by atoms with Crippen LogP contribution in [0.5, 0.6) is 0 Å². The van der Waals surface area contributed by atoms with E-state index in [1.165, 1.54) is 25.7 Å². The molecule has 0 spiro atoms. The summed E-state index contributed by atoms with van der Waals surface area (Å²) in [6, 6.07) is 7.44. The molecule has 0 radical (unpaired) electrons. The van der Waals surface area contributed by atoms with E-state index in [9.17, 15) is 0 Å². The van der Waals surface area contributed by atoms with Crippen LogP contribution in [-0.4, -0.2) is 9.78 Å². The predicted molar refractivity (Wildman–Crippen MR) is 86.1 cm³/mol. The molecule has 0 aliphatic rings. The fourth-order valence-electron chi connectivity index (χ4n) is 2.32. The SMILES string of the molecule is CCCCCCCn1cc(-c2ccc(C#N)cc2Cl)cn1. The highest BCUT2D eigenvalue weighted by molar-refractivity contribution is 6.33. The molecule has 0 amide bonds. The smallest absolute Gasteiger partial charge is 0.0992 e. The van der Waals surface area contributed by atoms with Gasteiger partial charge in [-0.1, -0.05) is 50.3 Å². The van der Waals surface area contributed by atoms with Crippen molar-refractivity contribution in [1.82, 2.24) is 9.78 Å². The lowest BCUT2D eigenvalue weighted by atomic mass is 10.1. The molecule has 0 saturated heterocycles. The monoisotopic (exact) mass is 301 g/mol. The first kappa shape index (κ1) is 15.6. The Labute approximate surface area is 131 Å². The number of rotatable bonds is 7. The van der Waals surface area contributed by atoms with Crippen LogP contribution in [0.25, 0.3) is 11.1 Å². The van der Waals surface area contributed by atoms with E-state index >= 15 is 0 Å². The number of halogens is 1. The lowest BCUT2D eigenvalue weighted by Gasteiger charge is -2.02. The van der Waals surface area contributed by atoms with Crippen molar-refractivity contribution in [2.75, 3.05) is 0 Å². The summed E-state index contributed by atoms with van der Waals surface area (Å²) < 4.78 is 1.97. The third-order valence-corrected chi connectivity index (χ3v) is 3.85. The van der Waals surface area contributed by atoms with Crippen molar-refractivity contribution in [3.05, 3.63) is 41.2 Å². The fraction of sp³-hybridized carbons (Fsp3) is 0.412. The number of nitrogens with zero attached hydrogens (tertiary/aromatic N) is 3. The quantitative estimate of drug-likeness (QED) is 0.672. The first-order valence-electron chi connectivity index (χ1n) is 7.47. The Morgan fingerprint density at radius 3 is 2.76 bits per heavy atom. The Morgan fingerprint density at radius 2 is 2.05 bits per heavy atom. The standard InChI is InChI=1S/C17H20ClN3/c1-2-3-4-5-6-9-21-13-15(12-20-21)16-8-7-14(11-19)10-17(16)18/h7-8,10,12-13H,2-6,9H2,1H3. The van der Waals surface area contributed by atoms with E-state index in [1.807, 2.05) is 23.1 Å². The molecule has 3 nitrogen and oxygen atoms in total. The van der Waals surface area contributed by atoms with Gasteiger partial charge in [0, 0.05) is 28.9 Å². The summed E-state index contributed by atoms with van der Waals surface area (Å²) in [4.78, 5) is 0. The van der Waals surface area contributed by atoms with Gasteiger partial charge in [-0.2, -0.15) is 10.4 Å². The summed E-state index contributed by atoms with van der Waals surface area (Å²) >= 11 is 6.23. The highest BCUT2D eigenvalue weighted by Crippen LogP contribution is 2.28. The van der Waals surface area contributed by atoms with Crippen LogP contribution < -0.4 is 0 Å². The highest BCUT2D eigenvalue weighted by Gasteiger charge is 2.07. The molecule has 0 fully saturated rings. The second-order valence-electron chi connectivity index (χ2n) is 5.21. The minimum absolute atomic E-state index is 0.576. The minimum atomic E-state index is 0.576. The second-order valence-corrected chi connectivity index (χ2v) is 5.62. The first-order chi connectivity index (χ1) is 10.2. The summed E-state index contributed by atoms with van der Waals surface area (Å²) in [7, 11) is 0. The van der Waals surface area contributed by atoms with Crippen molar-refractivity contribution in [3.8, 4) is 17.2 Å². The average Bonchev–Trinajstić information content (AvgIpc) is 2.95. The third-order valence-electron chi connectivity index (χ3n) is 3.53. The Hall–Kier alpha value is -1.79. The van der Waals surface area contributed by atoms with Crippen molar-refractivity contribution >= 4 is 11.6 Å². The van der Waals surface area contributed by atoms with Gasteiger partial charge in [0.2, 0.25) is 0 Å². The van der Waals surface area contributed by atoms with Crippen LogP contribution in [0.3, 0.4) is 0 Å². The first-order valence-corrected chi connectivity index (χ1v) is 7.85. The second kappa shape index (κ2) is 7.85. The van der Waals surface area contributed by atoms with Crippen LogP contribution in [0.1, 0.15) is 44.6 Å². The molecule has 21 heavy (non-hydrogen) atoms. The Morgan fingerprint density at radius 1 is 1.24 bits per heavy atom. The predicted octanol–water partition coefficient (Wildman–Crippen LogP) is 5.05. The molecule has 1 aromatic carbocycles. The largest absolute Gasteiger partial charge is 0.272 e. The van der Waals surface area contributed by atoms with Crippen molar-refractivity contribution in [1.29, 1.82) is 5.26 Å². The van der Waals surface area contributed by atoms with Crippen LogP contribution in [0.15, 0.2) is 30.6 Å². The normalized spacial score (nSPS) is 10.5. The van der Waals surface area contributed by atoms with Gasteiger partial charge in [-0.25, -0.2) is 0 Å². The van der Waals surface area contributed by atoms with Gasteiger partial charge in [-0.3, -0.25) is 4.68 Å². The zero-order valence-corrected chi connectivity index (χ0v) is 13.1. The summed E-state index contributed by atoms with van der Waals surface area (Å²) in [6.07, 6.45) is 10.1. The summed E-state index contributed by atoms with van der Waals surface area (Å²) in [5.74, 6) is 0. The van der Waals surface area contributed by atoms with E-state index < -0.39 is 0 Å². The maximum atomic E-state index is 8.86. The van der Waals surface area contributed by atoms with Gasteiger partial charge < -0.3 is 0 Å². The Bertz CT molecular complexity index is 625. The van der Waals surface area contributed by atoms with Crippen LogP contribution in [0.4, 0.5) is 0 Å². The van der Waals surface area contributed by atoms with Gasteiger partial charge in [0.1, 0.15) is 0 Å². The van der Waals surface area contributed by atoms with Gasteiger partial charge in [0.15, 0.2) is 0 Å². The van der Waals surface area contributed by atoms with Gasteiger partial charge in [0.05, 0.1) is 17.8 Å². The molecule has 2 aromatic rings. The lowest BCUT2D eigenvalue weighted by molar-refractivity contribution is 0.533. The molecule has 0 bridgehead atoms. The zero-order chi connectivity index (χ0) is 15.1. The highest BCUT2D eigenvalue weighted by atomic mass is 35.5. The van der Waals surface area contributed by atoms with E-state index in [1.54, 1.807) is 12.1 Å². The number of aromatic nitrogens is 2. The van der Waals surface area contributed by atoms with Crippen molar-refractivity contribution in [2.45, 2.75) is 45.6 Å². The summed E-state index contributed by atoms with van der Waals surface area (Å²) in [6.45, 7) is 3.17. The number of hydrogen-bond donors (Lipinski definition) is 0. The molecule has 0 unspecified atom stereocenters. The lowest BCUT2D eigenvalue weighted by Crippen LogP contribution is -1.97. The van der Waals surface area contributed by atoms with Crippen LogP contribution in [-0.2, 0) is 6.54 Å². The Balaban J connectivity index is 1.98. The van der Waals surface area contributed by atoms with E-state index in [-0.39, 0.29) is 0 Å². The topological polar surface area (TPSA) is 41.6 Å². The maximum Gasteiger partial charge on any atom is 0.0992 e. The van der Waals surface area contributed by atoms with E-state index in [4.69, 9.17) is 16.9 Å². The molecule has 0 aliphatic carbocycles. The molecule has 0 atom stereocenters. The molecule has 4 heteroatoms. The molecule has 0 aliphatic heterocycles. The molecule has 2 rings (SSSR count). The summed E-state index contributed by atoms with van der Waals surface area (Å²) in [5.41, 5.74) is 2.50. The van der Waals surface area contributed by atoms with E-state index in [0.29, 0.717) is 10.6 Å². The van der Waals surface area contributed by atoms with Crippen LogP contribution in [0.2, 0.25) is 5.02 Å². The van der Waals surface area contributed by atoms with Crippen molar-refractivity contribution < 1.29 is 0 Å². The van der Waals surface area contributed by atoms with E-state index in [0.717, 1.165) is 24.1 Å². The number of hydrogen-bond acceptors (Lipinski definition) is 2. The fourth-order valence-corrected chi connectivity index (χ4v) is 2.61. The molecule has 0 saturated carbocycles. The molecule has 1 aromatic heterocycles. The maximum absolute atomic E-state index is 8.86. The number of aryl methyl sites for hydroxylation is 1.